The Balaban J connectivity index is 3.48. The van der Waals surface area contributed by atoms with Gasteiger partial charge in [-0.2, -0.15) is 8.42 Å². The van der Waals surface area contributed by atoms with E-state index in [2.05, 4.69) is 21.0 Å². The van der Waals surface area contributed by atoms with Gasteiger partial charge in [0.25, 0.3) is 10.1 Å². The standard InChI is InChI=1S/C16H35NO3S/c1-4-5-6-7-8-9-10-11-12-14-17(2,3)15-13-16-21(18,19)20/h4-16H2,1-3H3/p+1. The molecule has 0 aromatic carbocycles. The van der Waals surface area contributed by atoms with Crippen molar-refractivity contribution in [2.45, 2.75) is 71.1 Å². The molecule has 5 heteroatoms. The van der Waals surface area contributed by atoms with Crippen LogP contribution in [0.5, 0.6) is 0 Å². The highest BCUT2D eigenvalue weighted by molar-refractivity contribution is 7.85. The van der Waals surface area contributed by atoms with Crippen LogP contribution in [0.15, 0.2) is 0 Å². The maximum absolute atomic E-state index is 10.7. The average molecular weight is 323 g/mol. The Labute approximate surface area is 132 Å². The van der Waals surface area contributed by atoms with E-state index in [1.807, 2.05) is 0 Å². The van der Waals surface area contributed by atoms with Crippen LogP contribution in [0.4, 0.5) is 0 Å². The highest BCUT2D eigenvalue weighted by Crippen LogP contribution is 2.11. The fraction of sp³-hybridized carbons (Fsp3) is 1.00. The zero-order valence-corrected chi connectivity index (χ0v) is 15.1. The molecular formula is C16H36NO3S+. The second-order valence-corrected chi connectivity index (χ2v) is 8.42. The number of nitrogens with zero attached hydrogens (tertiary/aromatic N) is 1. The first-order chi connectivity index (χ1) is 9.77. The number of rotatable bonds is 14. The zero-order chi connectivity index (χ0) is 16.2. The Kier molecular flexibility index (Phi) is 11.4. The summed E-state index contributed by atoms with van der Waals surface area (Å²) in [4.78, 5) is 0. The molecule has 0 saturated heterocycles. The van der Waals surface area contributed by atoms with Crippen molar-refractivity contribution >= 4 is 10.1 Å². The summed E-state index contributed by atoms with van der Waals surface area (Å²) in [6.07, 6.45) is 12.5. The summed E-state index contributed by atoms with van der Waals surface area (Å²) < 4.78 is 31.0. The molecule has 0 saturated carbocycles. The molecular weight excluding hydrogens is 286 g/mol. The summed E-state index contributed by atoms with van der Waals surface area (Å²) in [5.74, 6) is -0.119. The Morgan fingerprint density at radius 1 is 0.762 bits per heavy atom. The van der Waals surface area contributed by atoms with Gasteiger partial charge in [0.15, 0.2) is 0 Å². The van der Waals surface area contributed by atoms with Crippen molar-refractivity contribution in [3.05, 3.63) is 0 Å². The van der Waals surface area contributed by atoms with E-state index in [4.69, 9.17) is 4.55 Å². The topological polar surface area (TPSA) is 54.4 Å². The molecule has 128 valence electrons. The summed E-state index contributed by atoms with van der Waals surface area (Å²) in [7, 11) is 0.469. The first kappa shape index (κ1) is 20.9. The number of unbranched alkanes of at least 4 members (excludes halogenated alkanes) is 8. The van der Waals surface area contributed by atoms with Crippen molar-refractivity contribution in [2.24, 2.45) is 0 Å². The lowest BCUT2D eigenvalue weighted by molar-refractivity contribution is -0.890. The van der Waals surface area contributed by atoms with Gasteiger partial charge in [0.05, 0.1) is 32.9 Å². The SMILES string of the molecule is CCCCCCCCCCC[N+](C)(C)CCCS(=O)(=O)O. The predicted octanol–water partition coefficient (Wildman–Crippen LogP) is 3.87. The van der Waals surface area contributed by atoms with Crippen LogP contribution in [0, 0.1) is 0 Å². The monoisotopic (exact) mass is 322 g/mol. The molecule has 0 aromatic heterocycles. The van der Waals surface area contributed by atoms with Gasteiger partial charge in [-0.3, -0.25) is 4.55 Å². The van der Waals surface area contributed by atoms with Gasteiger partial charge in [-0.1, -0.05) is 51.9 Å². The molecule has 0 aliphatic heterocycles. The third-order valence-corrected chi connectivity index (χ3v) is 4.84. The fourth-order valence-electron chi connectivity index (χ4n) is 2.64. The van der Waals surface area contributed by atoms with Gasteiger partial charge in [0, 0.05) is 6.42 Å². The number of hydrogen-bond donors (Lipinski definition) is 1. The molecule has 0 atom stereocenters. The van der Waals surface area contributed by atoms with Gasteiger partial charge in [-0.05, 0) is 12.8 Å². The van der Waals surface area contributed by atoms with E-state index in [0.29, 0.717) is 6.42 Å². The third kappa shape index (κ3) is 16.1. The van der Waals surface area contributed by atoms with Gasteiger partial charge < -0.3 is 4.48 Å². The van der Waals surface area contributed by atoms with Crippen molar-refractivity contribution in [3.8, 4) is 0 Å². The minimum Gasteiger partial charge on any atom is -0.328 e. The molecule has 1 N–H and O–H groups in total. The van der Waals surface area contributed by atoms with Crippen molar-refractivity contribution in [2.75, 3.05) is 32.9 Å². The molecule has 0 unspecified atom stereocenters. The number of quaternary nitrogens is 1. The van der Waals surface area contributed by atoms with Crippen molar-refractivity contribution in [1.29, 1.82) is 0 Å². The van der Waals surface area contributed by atoms with E-state index in [9.17, 15) is 8.42 Å². The van der Waals surface area contributed by atoms with E-state index in [-0.39, 0.29) is 5.75 Å². The molecule has 0 spiro atoms. The van der Waals surface area contributed by atoms with Crippen LogP contribution >= 0.6 is 0 Å². The van der Waals surface area contributed by atoms with Crippen LogP contribution < -0.4 is 0 Å². The zero-order valence-electron chi connectivity index (χ0n) is 14.3. The third-order valence-electron chi connectivity index (χ3n) is 4.03. The van der Waals surface area contributed by atoms with Crippen LogP contribution in [0.3, 0.4) is 0 Å². The van der Waals surface area contributed by atoms with E-state index in [1.165, 1.54) is 57.8 Å². The Bertz CT molecular complexity index is 339. The lowest BCUT2D eigenvalue weighted by Gasteiger charge is -2.29. The van der Waals surface area contributed by atoms with E-state index in [0.717, 1.165) is 17.6 Å². The van der Waals surface area contributed by atoms with Crippen LogP contribution in [-0.2, 0) is 10.1 Å². The van der Waals surface area contributed by atoms with Gasteiger partial charge in [0.1, 0.15) is 0 Å². The maximum Gasteiger partial charge on any atom is 0.265 e. The summed E-state index contributed by atoms with van der Waals surface area (Å²) in [5, 5.41) is 0. The van der Waals surface area contributed by atoms with Gasteiger partial charge in [-0.15, -0.1) is 0 Å². The maximum atomic E-state index is 10.7. The summed E-state index contributed by atoms with van der Waals surface area (Å²) >= 11 is 0. The van der Waals surface area contributed by atoms with Gasteiger partial charge >= 0.3 is 0 Å². The fourth-order valence-corrected chi connectivity index (χ4v) is 3.13. The van der Waals surface area contributed by atoms with Crippen molar-refractivity contribution < 1.29 is 17.5 Å². The second-order valence-electron chi connectivity index (χ2n) is 6.85. The predicted molar refractivity (Wildman–Crippen MR) is 90.1 cm³/mol. The van der Waals surface area contributed by atoms with E-state index in [1.54, 1.807) is 0 Å². The smallest absolute Gasteiger partial charge is 0.265 e. The first-order valence-corrected chi connectivity index (χ1v) is 10.1. The highest BCUT2D eigenvalue weighted by atomic mass is 32.2. The van der Waals surface area contributed by atoms with Gasteiger partial charge in [0.2, 0.25) is 0 Å². The molecule has 0 bridgehead atoms. The van der Waals surface area contributed by atoms with Crippen LogP contribution in [0.1, 0.15) is 71.1 Å². The summed E-state index contributed by atoms with van der Waals surface area (Å²) in [6.45, 7) is 4.13. The first-order valence-electron chi connectivity index (χ1n) is 8.54. The van der Waals surface area contributed by atoms with E-state index >= 15 is 0 Å². The Hall–Kier alpha value is -0.130. The lowest BCUT2D eigenvalue weighted by Crippen LogP contribution is -2.41. The second kappa shape index (κ2) is 11.4. The molecule has 0 aliphatic rings. The quantitative estimate of drug-likeness (QED) is 0.300. The Morgan fingerprint density at radius 2 is 1.19 bits per heavy atom. The van der Waals surface area contributed by atoms with Crippen molar-refractivity contribution in [3.63, 3.8) is 0 Å². The van der Waals surface area contributed by atoms with Crippen molar-refractivity contribution in [1.82, 2.24) is 0 Å². The summed E-state index contributed by atoms with van der Waals surface area (Å²) in [6, 6.07) is 0. The molecule has 4 nitrogen and oxygen atoms in total. The molecule has 21 heavy (non-hydrogen) atoms. The average Bonchev–Trinajstić information content (AvgIpc) is 2.35. The highest BCUT2D eigenvalue weighted by Gasteiger charge is 2.15. The van der Waals surface area contributed by atoms with Crippen LogP contribution in [-0.4, -0.2) is 50.4 Å². The minimum atomic E-state index is -3.80. The molecule has 0 amide bonds. The Morgan fingerprint density at radius 3 is 1.67 bits per heavy atom. The molecule has 0 aliphatic carbocycles. The van der Waals surface area contributed by atoms with Crippen LogP contribution in [0.25, 0.3) is 0 Å². The molecule has 0 radical (unpaired) electrons. The lowest BCUT2D eigenvalue weighted by atomic mass is 10.1. The van der Waals surface area contributed by atoms with E-state index < -0.39 is 10.1 Å². The largest absolute Gasteiger partial charge is 0.328 e. The minimum absolute atomic E-state index is 0.119. The normalized spacial score (nSPS) is 12.8. The molecule has 0 fully saturated rings. The number of hydrogen-bond acceptors (Lipinski definition) is 2. The molecule has 0 aromatic rings. The summed E-state index contributed by atoms with van der Waals surface area (Å²) in [5.41, 5.74) is 0. The molecule has 0 heterocycles. The van der Waals surface area contributed by atoms with Gasteiger partial charge in [-0.25, -0.2) is 0 Å². The molecule has 0 rings (SSSR count). The van der Waals surface area contributed by atoms with Crippen LogP contribution in [0.2, 0.25) is 0 Å².